The highest BCUT2D eigenvalue weighted by molar-refractivity contribution is 6.20. The maximum Gasteiger partial charge on any atom is 0.0337 e. The van der Waals surface area contributed by atoms with E-state index in [1.807, 2.05) is 0 Å². The van der Waals surface area contributed by atoms with Gasteiger partial charge >= 0.3 is 0 Å². The maximum atomic E-state index is 5.99. The van der Waals surface area contributed by atoms with Crippen LogP contribution < -0.4 is 5.32 Å². The van der Waals surface area contributed by atoms with Crippen LogP contribution in [0.5, 0.6) is 0 Å². The van der Waals surface area contributed by atoms with Crippen molar-refractivity contribution >= 4 is 11.6 Å². The second kappa shape index (κ2) is 5.00. The van der Waals surface area contributed by atoms with Gasteiger partial charge in [-0.3, -0.25) is 0 Å². The normalized spacial score (nSPS) is 32.2. The fraction of sp³-hybridized carbons (Fsp3) is 1.00. The molecule has 66 valence electrons. The molecule has 0 atom stereocenters. The van der Waals surface area contributed by atoms with Crippen LogP contribution >= 0.6 is 11.6 Å². The third-order valence-electron chi connectivity index (χ3n) is 2.34. The Morgan fingerprint density at radius 2 is 1.91 bits per heavy atom. The molecule has 1 saturated carbocycles. The Balaban J connectivity index is 2.07. The SMILES string of the molecule is CCCNC1CCC(Cl)CC1. The zero-order valence-electron chi connectivity index (χ0n) is 7.28. The summed E-state index contributed by atoms with van der Waals surface area (Å²) in [4.78, 5) is 0. The van der Waals surface area contributed by atoms with Crippen molar-refractivity contribution in [1.82, 2.24) is 5.32 Å². The quantitative estimate of drug-likeness (QED) is 0.651. The van der Waals surface area contributed by atoms with Gasteiger partial charge in [0.2, 0.25) is 0 Å². The first kappa shape index (κ1) is 9.34. The van der Waals surface area contributed by atoms with E-state index in [2.05, 4.69) is 12.2 Å². The van der Waals surface area contributed by atoms with Gasteiger partial charge in [-0.1, -0.05) is 6.92 Å². The molecule has 0 aromatic carbocycles. The molecule has 0 amide bonds. The summed E-state index contributed by atoms with van der Waals surface area (Å²) in [6.07, 6.45) is 6.18. The van der Waals surface area contributed by atoms with Gasteiger partial charge in [0.1, 0.15) is 0 Å². The molecule has 1 rings (SSSR count). The van der Waals surface area contributed by atoms with Crippen molar-refractivity contribution in [3.05, 3.63) is 0 Å². The third-order valence-corrected chi connectivity index (χ3v) is 2.78. The van der Waals surface area contributed by atoms with Crippen molar-refractivity contribution in [3.63, 3.8) is 0 Å². The molecule has 0 heterocycles. The molecule has 0 aromatic heterocycles. The molecule has 0 bridgehead atoms. The first-order valence-corrected chi connectivity index (χ1v) is 5.14. The molecule has 11 heavy (non-hydrogen) atoms. The Morgan fingerprint density at radius 1 is 1.27 bits per heavy atom. The molecule has 0 saturated heterocycles. The van der Waals surface area contributed by atoms with Crippen molar-refractivity contribution < 1.29 is 0 Å². The standard InChI is InChI=1S/C9H18ClN/c1-2-7-11-9-5-3-8(10)4-6-9/h8-9,11H,2-7H2,1H3. The second-order valence-electron chi connectivity index (χ2n) is 3.40. The fourth-order valence-corrected chi connectivity index (χ4v) is 1.86. The summed E-state index contributed by atoms with van der Waals surface area (Å²) < 4.78 is 0. The van der Waals surface area contributed by atoms with Crippen LogP contribution in [0.3, 0.4) is 0 Å². The number of hydrogen-bond acceptors (Lipinski definition) is 1. The Hall–Kier alpha value is 0.250. The monoisotopic (exact) mass is 175 g/mol. The second-order valence-corrected chi connectivity index (χ2v) is 4.02. The zero-order valence-corrected chi connectivity index (χ0v) is 8.03. The highest BCUT2D eigenvalue weighted by Crippen LogP contribution is 2.22. The van der Waals surface area contributed by atoms with Crippen LogP contribution in [0.25, 0.3) is 0 Å². The topological polar surface area (TPSA) is 12.0 Å². The molecule has 0 unspecified atom stereocenters. The van der Waals surface area contributed by atoms with Gasteiger partial charge in [-0.15, -0.1) is 11.6 Å². The predicted molar refractivity (Wildman–Crippen MR) is 50.2 cm³/mol. The molecule has 1 aliphatic rings. The average Bonchev–Trinajstić information content (AvgIpc) is 2.04. The Kier molecular flexibility index (Phi) is 4.24. The molecule has 1 N–H and O–H groups in total. The summed E-state index contributed by atoms with van der Waals surface area (Å²) in [7, 11) is 0. The minimum atomic E-state index is 0.453. The highest BCUT2D eigenvalue weighted by atomic mass is 35.5. The molecule has 0 radical (unpaired) electrons. The van der Waals surface area contributed by atoms with Crippen LogP contribution in [-0.2, 0) is 0 Å². The lowest BCUT2D eigenvalue weighted by atomic mass is 9.95. The first-order valence-electron chi connectivity index (χ1n) is 4.70. The lowest BCUT2D eigenvalue weighted by Crippen LogP contribution is -2.33. The van der Waals surface area contributed by atoms with E-state index in [4.69, 9.17) is 11.6 Å². The van der Waals surface area contributed by atoms with E-state index >= 15 is 0 Å². The molecule has 0 spiro atoms. The van der Waals surface area contributed by atoms with Crippen LogP contribution in [0.1, 0.15) is 39.0 Å². The van der Waals surface area contributed by atoms with Gasteiger partial charge in [-0.05, 0) is 38.6 Å². The minimum absolute atomic E-state index is 0.453. The Morgan fingerprint density at radius 3 is 2.45 bits per heavy atom. The van der Waals surface area contributed by atoms with Crippen molar-refractivity contribution in [2.45, 2.75) is 50.4 Å². The van der Waals surface area contributed by atoms with Gasteiger partial charge in [0, 0.05) is 11.4 Å². The van der Waals surface area contributed by atoms with Gasteiger partial charge in [-0.2, -0.15) is 0 Å². The molecule has 0 aromatic rings. The van der Waals surface area contributed by atoms with Crippen LogP contribution in [0.15, 0.2) is 0 Å². The van der Waals surface area contributed by atoms with E-state index in [9.17, 15) is 0 Å². The summed E-state index contributed by atoms with van der Waals surface area (Å²) in [5.74, 6) is 0. The lowest BCUT2D eigenvalue weighted by molar-refractivity contribution is 0.378. The minimum Gasteiger partial charge on any atom is -0.314 e. The van der Waals surface area contributed by atoms with Crippen molar-refractivity contribution in [2.75, 3.05) is 6.54 Å². The van der Waals surface area contributed by atoms with Crippen molar-refractivity contribution in [2.24, 2.45) is 0 Å². The van der Waals surface area contributed by atoms with E-state index in [0.29, 0.717) is 5.38 Å². The van der Waals surface area contributed by atoms with E-state index in [0.717, 1.165) is 12.6 Å². The van der Waals surface area contributed by atoms with Gasteiger partial charge in [0.05, 0.1) is 0 Å². The van der Waals surface area contributed by atoms with E-state index in [-0.39, 0.29) is 0 Å². The van der Waals surface area contributed by atoms with E-state index < -0.39 is 0 Å². The third kappa shape index (κ3) is 3.44. The fourth-order valence-electron chi connectivity index (χ4n) is 1.61. The lowest BCUT2D eigenvalue weighted by Gasteiger charge is -2.25. The zero-order chi connectivity index (χ0) is 8.10. The van der Waals surface area contributed by atoms with Crippen molar-refractivity contribution in [1.29, 1.82) is 0 Å². The van der Waals surface area contributed by atoms with E-state index in [1.54, 1.807) is 0 Å². The van der Waals surface area contributed by atoms with Gasteiger partial charge in [0.25, 0.3) is 0 Å². The summed E-state index contributed by atoms with van der Waals surface area (Å²) in [6.45, 7) is 3.37. The van der Waals surface area contributed by atoms with Crippen LogP contribution in [0, 0.1) is 0 Å². The Bertz CT molecular complexity index is 95.0. The summed E-state index contributed by atoms with van der Waals surface area (Å²) >= 11 is 5.99. The van der Waals surface area contributed by atoms with E-state index in [1.165, 1.54) is 32.1 Å². The highest BCUT2D eigenvalue weighted by Gasteiger charge is 2.17. The van der Waals surface area contributed by atoms with Crippen LogP contribution in [0.4, 0.5) is 0 Å². The van der Waals surface area contributed by atoms with Gasteiger partial charge in [-0.25, -0.2) is 0 Å². The molecule has 1 aliphatic carbocycles. The number of halogens is 1. The summed E-state index contributed by atoms with van der Waals surface area (Å²) in [5, 5.41) is 3.99. The predicted octanol–water partition coefficient (Wildman–Crippen LogP) is 2.54. The molecule has 0 aliphatic heterocycles. The molecular formula is C9H18ClN. The number of rotatable bonds is 3. The molecular weight excluding hydrogens is 158 g/mol. The number of nitrogens with one attached hydrogen (secondary N) is 1. The van der Waals surface area contributed by atoms with Crippen LogP contribution in [0.2, 0.25) is 0 Å². The summed E-state index contributed by atoms with van der Waals surface area (Å²) in [5.41, 5.74) is 0. The van der Waals surface area contributed by atoms with Crippen molar-refractivity contribution in [3.8, 4) is 0 Å². The van der Waals surface area contributed by atoms with Gasteiger partial charge < -0.3 is 5.32 Å². The number of hydrogen-bond donors (Lipinski definition) is 1. The smallest absolute Gasteiger partial charge is 0.0337 e. The molecule has 1 nitrogen and oxygen atoms in total. The first-order chi connectivity index (χ1) is 5.33. The maximum absolute atomic E-state index is 5.99. The van der Waals surface area contributed by atoms with Gasteiger partial charge in [0.15, 0.2) is 0 Å². The largest absolute Gasteiger partial charge is 0.314 e. The molecule has 1 fully saturated rings. The van der Waals surface area contributed by atoms with Crippen LogP contribution in [-0.4, -0.2) is 18.0 Å². The number of alkyl halides is 1. The molecule has 2 heteroatoms. The summed E-state index contributed by atoms with van der Waals surface area (Å²) in [6, 6.07) is 0.755. The average molecular weight is 176 g/mol. The Labute approximate surface area is 74.5 Å².